The number of hydrogen-bond acceptors (Lipinski definition) is 3. The third-order valence-corrected chi connectivity index (χ3v) is 5.16. The van der Waals surface area contributed by atoms with E-state index in [1.807, 2.05) is 30.3 Å². The highest BCUT2D eigenvalue weighted by molar-refractivity contribution is 5.82. The van der Waals surface area contributed by atoms with E-state index in [1.165, 1.54) is 0 Å². The number of benzene rings is 1. The highest BCUT2D eigenvalue weighted by Crippen LogP contribution is 2.38. The summed E-state index contributed by atoms with van der Waals surface area (Å²) in [5.41, 5.74) is 3.25. The minimum absolute atomic E-state index is 0.0199. The monoisotopic (exact) mass is 382 g/mol. The average Bonchev–Trinajstić information content (AvgIpc) is 3.46. The summed E-state index contributed by atoms with van der Waals surface area (Å²) in [6.07, 6.45) is 5.36. The molecular weight excluding hydrogens is 359 g/mol. The summed E-state index contributed by atoms with van der Waals surface area (Å²) in [6.45, 7) is -0.519. The second kappa shape index (κ2) is 8.00. The number of halogens is 1. The number of pyridine rings is 1. The van der Waals surface area contributed by atoms with E-state index in [-0.39, 0.29) is 24.1 Å². The smallest absolute Gasteiger partial charge is 0.251 e. The molecule has 0 radical (unpaired) electrons. The Morgan fingerprint density at radius 2 is 1.89 bits per heavy atom. The number of alkyl halides is 1. The number of hydrogen-bond donors (Lipinski definition) is 2. The zero-order chi connectivity index (χ0) is 19.5. The van der Waals surface area contributed by atoms with Crippen molar-refractivity contribution in [1.82, 2.24) is 10.3 Å². The highest BCUT2D eigenvalue weighted by atomic mass is 19.1. The molecule has 2 aromatic rings. The van der Waals surface area contributed by atoms with Gasteiger partial charge < -0.3 is 15.0 Å². The van der Waals surface area contributed by atoms with Gasteiger partial charge in [-0.2, -0.15) is 0 Å². The van der Waals surface area contributed by atoms with Crippen molar-refractivity contribution in [3.8, 4) is 5.75 Å². The van der Waals surface area contributed by atoms with Gasteiger partial charge >= 0.3 is 0 Å². The molecule has 1 atom stereocenters. The second-order valence-corrected chi connectivity index (χ2v) is 7.29. The summed E-state index contributed by atoms with van der Waals surface area (Å²) < 4.78 is 17.6. The van der Waals surface area contributed by atoms with Gasteiger partial charge in [0.05, 0.1) is 0 Å². The number of aromatic nitrogens is 1. The molecule has 1 saturated carbocycles. The van der Waals surface area contributed by atoms with Crippen molar-refractivity contribution in [3.05, 3.63) is 69.6 Å². The minimum Gasteiger partial charge on any atom is -0.491 e. The Hall–Kier alpha value is -2.89. The Balaban J connectivity index is 1.68. The van der Waals surface area contributed by atoms with Crippen LogP contribution < -0.4 is 15.6 Å². The molecule has 2 N–H and O–H groups in total. The van der Waals surface area contributed by atoms with Crippen LogP contribution in [0.1, 0.15) is 48.4 Å². The van der Waals surface area contributed by atoms with Crippen LogP contribution in [0.2, 0.25) is 0 Å². The Bertz CT molecular complexity index is 945. The van der Waals surface area contributed by atoms with Gasteiger partial charge in [0, 0.05) is 29.3 Å². The fourth-order valence-corrected chi connectivity index (χ4v) is 3.55. The van der Waals surface area contributed by atoms with E-state index in [1.54, 1.807) is 12.1 Å². The zero-order valence-corrected chi connectivity index (χ0v) is 15.5. The van der Waals surface area contributed by atoms with Gasteiger partial charge in [-0.05, 0) is 48.9 Å². The van der Waals surface area contributed by atoms with Crippen LogP contribution in [0.25, 0.3) is 5.57 Å². The standard InChI is InChI=1S/C22H23FN2O3/c23-11-12-28-17-6-3-15(4-7-17)19(13-16-5-10-21(26)24-16)20-9-8-18(14-1-2-14)22(27)25-20/h3-4,6-9,13-14,16H,1-2,5,10-12H2,(H,24,26)(H,25,27)/b19-13+/t16-/m1/s1. The molecule has 2 fully saturated rings. The first kappa shape index (κ1) is 18.5. The molecule has 0 unspecified atom stereocenters. The molecule has 2 heterocycles. The molecule has 2 aliphatic rings. The second-order valence-electron chi connectivity index (χ2n) is 7.29. The number of amides is 1. The predicted octanol–water partition coefficient (Wildman–Crippen LogP) is 3.31. The lowest BCUT2D eigenvalue weighted by Crippen LogP contribution is -2.23. The van der Waals surface area contributed by atoms with Crippen LogP contribution in [0, 0.1) is 0 Å². The number of rotatable bonds is 7. The fraction of sp³-hybridized carbons (Fsp3) is 0.364. The van der Waals surface area contributed by atoms with E-state index >= 15 is 0 Å². The lowest BCUT2D eigenvalue weighted by molar-refractivity contribution is -0.119. The highest BCUT2D eigenvalue weighted by Gasteiger charge is 2.26. The Morgan fingerprint density at radius 1 is 1.11 bits per heavy atom. The van der Waals surface area contributed by atoms with E-state index in [0.717, 1.165) is 36.0 Å². The minimum atomic E-state index is -0.539. The summed E-state index contributed by atoms with van der Waals surface area (Å²) in [5.74, 6) is 1.01. The van der Waals surface area contributed by atoms with E-state index in [0.29, 0.717) is 23.8 Å². The largest absolute Gasteiger partial charge is 0.491 e. The van der Waals surface area contributed by atoms with Gasteiger partial charge in [-0.1, -0.05) is 24.3 Å². The van der Waals surface area contributed by atoms with Crippen molar-refractivity contribution >= 4 is 11.5 Å². The maximum Gasteiger partial charge on any atom is 0.251 e. The molecule has 0 bridgehead atoms. The van der Waals surface area contributed by atoms with Crippen LogP contribution in [-0.2, 0) is 4.79 Å². The predicted molar refractivity (Wildman–Crippen MR) is 105 cm³/mol. The maximum absolute atomic E-state index is 12.5. The summed E-state index contributed by atoms with van der Waals surface area (Å²) in [5, 5.41) is 2.94. The first-order valence-corrected chi connectivity index (χ1v) is 9.68. The van der Waals surface area contributed by atoms with E-state index in [4.69, 9.17) is 4.74 Å². The topological polar surface area (TPSA) is 71.2 Å². The lowest BCUT2D eigenvalue weighted by atomic mass is 9.98. The molecule has 1 amide bonds. The lowest BCUT2D eigenvalue weighted by Gasteiger charge is -2.13. The molecule has 1 saturated heterocycles. The molecule has 5 nitrogen and oxygen atoms in total. The van der Waals surface area contributed by atoms with Crippen molar-refractivity contribution in [2.75, 3.05) is 13.3 Å². The summed E-state index contributed by atoms with van der Waals surface area (Å²) in [7, 11) is 0. The van der Waals surface area contributed by atoms with Crippen LogP contribution in [0.3, 0.4) is 0 Å². The van der Waals surface area contributed by atoms with E-state index in [9.17, 15) is 14.0 Å². The van der Waals surface area contributed by atoms with Gasteiger partial charge in [0.2, 0.25) is 5.91 Å². The average molecular weight is 382 g/mol. The van der Waals surface area contributed by atoms with Gasteiger partial charge in [-0.25, -0.2) is 4.39 Å². The molecule has 1 aliphatic heterocycles. The van der Waals surface area contributed by atoms with Crippen molar-refractivity contribution < 1.29 is 13.9 Å². The van der Waals surface area contributed by atoms with Crippen molar-refractivity contribution in [2.24, 2.45) is 0 Å². The van der Waals surface area contributed by atoms with Crippen LogP contribution in [0.4, 0.5) is 4.39 Å². The van der Waals surface area contributed by atoms with Gasteiger partial charge in [0.25, 0.3) is 5.56 Å². The number of H-pyrrole nitrogens is 1. The molecule has 6 heteroatoms. The Labute approximate surface area is 162 Å². The third kappa shape index (κ3) is 4.16. The molecule has 1 aromatic heterocycles. The third-order valence-electron chi connectivity index (χ3n) is 5.16. The van der Waals surface area contributed by atoms with Crippen LogP contribution >= 0.6 is 0 Å². The summed E-state index contributed by atoms with van der Waals surface area (Å²) >= 11 is 0. The van der Waals surface area contributed by atoms with Crippen molar-refractivity contribution in [3.63, 3.8) is 0 Å². The molecule has 1 aliphatic carbocycles. The number of carbonyl (C=O) groups is 1. The summed E-state index contributed by atoms with van der Waals surface area (Å²) in [4.78, 5) is 27.1. The van der Waals surface area contributed by atoms with Gasteiger partial charge in [0.15, 0.2) is 0 Å². The molecule has 1 aromatic carbocycles. The number of aromatic amines is 1. The van der Waals surface area contributed by atoms with Gasteiger partial charge in [-0.15, -0.1) is 0 Å². The molecule has 146 valence electrons. The first-order chi connectivity index (χ1) is 13.6. The van der Waals surface area contributed by atoms with E-state index < -0.39 is 6.67 Å². The molecule has 28 heavy (non-hydrogen) atoms. The molecule has 0 spiro atoms. The fourth-order valence-electron chi connectivity index (χ4n) is 3.55. The molecular formula is C22H23FN2O3. The first-order valence-electron chi connectivity index (χ1n) is 9.68. The van der Waals surface area contributed by atoms with Crippen molar-refractivity contribution in [1.29, 1.82) is 0 Å². The number of nitrogens with one attached hydrogen (secondary N) is 2. The SMILES string of the molecule is O=C1CC[C@H](/C=C(\c2ccc(OCCF)cc2)c2ccc(C3CC3)c(=O)[nH]2)N1. The quantitative estimate of drug-likeness (QED) is 0.772. The van der Waals surface area contributed by atoms with Gasteiger partial charge in [-0.3, -0.25) is 9.59 Å². The van der Waals surface area contributed by atoms with Crippen LogP contribution in [0.15, 0.2) is 47.3 Å². The Morgan fingerprint density at radius 3 is 2.50 bits per heavy atom. The zero-order valence-electron chi connectivity index (χ0n) is 15.5. The van der Waals surface area contributed by atoms with Crippen molar-refractivity contribution in [2.45, 2.75) is 37.6 Å². The summed E-state index contributed by atoms with van der Waals surface area (Å²) in [6, 6.07) is 11.1. The van der Waals surface area contributed by atoms with Crippen LogP contribution in [0.5, 0.6) is 5.75 Å². The van der Waals surface area contributed by atoms with Crippen LogP contribution in [-0.4, -0.2) is 30.2 Å². The van der Waals surface area contributed by atoms with E-state index in [2.05, 4.69) is 10.3 Å². The van der Waals surface area contributed by atoms with Gasteiger partial charge in [0.1, 0.15) is 19.0 Å². The Kier molecular flexibility index (Phi) is 5.28. The number of carbonyl (C=O) groups excluding carboxylic acids is 1. The number of ether oxygens (including phenoxy) is 1. The normalized spacial score (nSPS) is 19.5. The maximum atomic E-state index is 12.5. The molecule has 4 rings (SSSR count).